The van der Waals surface area contributed by atoms with Crippen molar-refractivity contribution in [1.29, 1.82) is 0 Å². The normalized spacial score (nSPS) is 15.2. The molecule has 7 nitrogen and oxygen atoms in total. The lowest BCUT2D eigenvalue weighted by Crippen LogP contribution is -2.53. The monoisotopic (exact) mass is 551 g/mol. The van der Waals surface area contributed by atoms with Crippen LogP contribution in [-0.2, 0) is 26.2 Å². The second-order valence-electron chi connectivity index (χ2n) is 9.64. The molecule has 0 unspecified atom stereocenters. The molecule has 202 valence electrons. The summed E-state index contributed by atoms with van der Waals surface area (Å²) in [4.78, 5) is 28.5. The lowest BCUT2D eigenvalue weighted by molar-refractivity contribution is -0.140. The Morgan fingerprint density at radius 3 is 2.32 bits per heavy atom. The van der Waals surface area contributed by atoms with Crippen molar-refractivity contribution in [3.05, 3.63) is 64.4 Å². The van der Waals surface area contributed by atoms with Gasteiger partial charge in [0, 0.05) is 12.6 Å². The van der Waals surface area contributed by atoms with Crippen LogP contribution in [-0.4, -0.2) is 50.0 Å². The predicted octanol–water partition coefficient (Wildman–Crippen LogP) is 4.81. The van der Waals surface area contributed by atoms with E-state index in [1.54, 1.807) is 0 Å². The van der Waals surface area contributed by atoms with Gasteiger partial charge in [-0.25, -0.2) is 12.8 Å². The summed E-state index contributed by atoms with van der Waals surface area (Å²) in [5.41, 5.74) is 1.94. The summed E-state index contributed by atoms with van der Waals surface area (Å²) >= 11 is 5.89. The molecule has 0 saturated heterocycles. The molecule has 0 radical (unpaired) electrons. The zero-order valence-corrected chi connectivity index (χ0v) is 23.1. The Labute approximate surface area is 224 Å². The third-order valence-corrected chi connectivity index (χ3v) is 8.11. The second kappa shape index (κ2) is 12.7. The fourth-order valence-electron chi connectivity index (χ4n) is 4.61. The van der Waals surface area contributed by atoms with E-state index < -0.39 is 34.3 Å². The fraction of sp³-hybridized carbons (Fsp3) is 0.481. The van der Waals surface area contributed by atoms with Crippen molar-refractivity contribution in [2.45, 2.75) is 71.0 Å². The Balaban J connectivity index is 1.92. The summed E-state index contributed by atoms with van der Waals surface area (Å²) in [6.07, 6.45) is 6.39. The van der Waals surface area contributed by atoms with Gasteiger partial charge in [0.2, 0.25) is 21.8 Å². The summed E-state index contributed by atoms with van der Waals surface area (Å²) in [6, 6.07) is 10.4. The Hall–Kier alpha value is -2.65. The van der Waals surface area contributed by atoms with Gasteiger partial charge in [-0.1, -0.05) is 67.6 Å². The maximum absolute atomic E-state index is 13.7. The number of nitrogens with zero attached hydrogens (tertiary/aromatic N) is 2. The molecule has 2 aromatic rings. The molecule has 3 rings (SSSR count). The minimum atomic E-state index is -3.93. The molecule has 37 heavy (non-hydrogen) atoms. The van der Waals surface area contributed by atoms with Gasteiger partial charge in [-0.2, -0.15) is 0 Å². The minimum Gasteiger partial charge on any atom is -0.352 e. The first-order chi connectivity index (χ1) is 17.5. The summed E-state index contributed by atoms with van der Waals surface area (Å²) in [7, 11) is -3.93. The molecule has 10 heteroatoms. The van der Waals surface area contributed by atoms with Crippen LogP contribution in [0, 0.1) is 12.7 Å². The van der Waals surface area contributed by atoms with Crippen LogP contribution in [0.4, 0.5) is 10.1 Å². The molecule has 1 atom stereocenters. The van der Waals surface area contributed by atoms with Gasteiger partial charge in [-0.05, 0) is 49.9 Å². The van der Waals surface area contributed by atoms with Crippen molar-refractivity contribution in [3.8, 4) is 0 Å². The van der Waals surface area contributed by atoms with Crippen molar-refractivity contribution < 1.29 is 22.4 Å². The van der Waals surface area contributed by atoms with Crippen molar-refractivity contribution in [2.24, 2.45) is 0 Å². The van der Waals surface area contributed by atoms with E-state index in [0.29, 0.717) is 6.42 Å². The second-order valence-corrected chi connectivity index (χ2v) is 12.0. The molecule has 1 N–H and O–H groups in total. The summed E-state index contributed by atoms with van der Waals surface area (Å²) in [5, 5.41) is 2.85. The largest absolute Gasteiger partial charge is 0.352 e. The summed E-state index contributed by atoms with van der Waals surface area (Å²) in [6.45, 7) is 3.36. The molecule has 2 aromatic carbocycles. The van der Waals surface area contributed by atoms with E-state index >= 15 is 0 Å². The smallest absolute Gasteiger partial charge is 0.244 e. The lowest BCUT2D eigenvalue weighted by Gasteiger charge is -2.34. The number of anilines is 1. The van der Waals surface area contributed by atoms with Crippen LogP contribution in [0.1, 0.15) is 56.6 Å². The number of hydrogen-bond acceptors (Lipinski definition) is 4. The molecule has 1 saturated carbocycles. The quantitative estimate of drug-likeness (QED) is 0.459. The Morgan fingerprint density at radius 1 is 1.11 bits per heavy atom. The van der Waals surface area contributed by atoms with Gasteiger partial charge in [-0.15, -0.1) is 0 Å². The minimum absolute atomic E-state index is 0.0669. The molecule has 1 aliphatic rings. The maximum atomic E-state index is 13.7. The Bertz CT molecular complexity index is 1200. The first-order valence-electron chi connectivity index (χ1n) is 12.6. The average Bonchev–Trinajstić information content (AvgIpc) is 2.85. The third kappa shape index (κ3) is 7.92. The SMILES string of the molecule is CC[C@@H](C(=O)NC1CCCCC1)N(Cc1ccc(C)cc1)C(=O)CN(c1ccc(F)c(Cl)c1)S(C)(=O)=O. The number of sulfonamides is 1. The molecule has 0 bridgehead atoms. The molecule has 0 aliphatic heterocycles. The van der Waals surface area contributed by atoms with Crippen LogP contribution in [0.25, 0.3) is 0 Å². The number of aryl methyl sites for hydroxylation is 1. The molecule has 1 aliphatic carbocycles. The zero-order valence-electron chi connectivity index (χ0n) is 21.5. The van der Waals surface area contributed by atoms with Crippen molar-refractivity contribution >= 4 is 39.1 Å². The summed E-state index contributed by atoms with van der Waals surface area (Å²) in [5.74, 6) is -1.49. The van der Waals surface area contributed by atoms with Crippen LogP contribution in [0.2, 0.25) is 5.02 Å². The van der Waals surface area contributed by atoms with Crippen LogP contribution in [0.5, 0.6) is 0 Å². The van der Waals surface area contributed by atoms with Crippen molar-refractivity contribution in [2.75, 3.05) is 17.1 Å². The van der Waals surface area contributed by atoms with E-state index in [-0.39, 0.29) is 29.2 Å². The molecule has 1 fully saturated rings. The molecule has 0 aromatic heterocycles. The fourth-order valence-corrected chi connectivity index (χ4v) is 5.62. The molecule has 0 heterocycles. The van der Waals surface area contributed by atoms with Gasteiger partial charge >= 0.3 is 0 Å². The van der Waals surface area contributed by atoms with E-state index in [1.165, 1.54) is 17.0 Å². The first kappa shape index (κ1) is 28.9. The highest BCUT2D eigenvalue weighted by molar-refractivity contribution is 7.92. The Kier molecular flexibility index (Phi) is 9.95. The third-order valence-electron chi connectivity index (χ3n) is 6.68. The molecular formula is C27H35ClFN3O4S. The van der Waals surface area contributed by atoms with Gasteiger partial charge in [0.1, 0.15) is 18.4 Å². The van der Waals surface area contributed by atoms with Gasteiger partial charge < -0.3 is 10.2 Å². The molecular weight excluding hydrogens is 517 g/mol. The number of carbonyl (C=O) groups excluding carboxylic acids is 2. The highest BCUT2D eigenvalue weighted by atomic mass is 35.5. The lowest BCUT2D eigenvalue weighted by atomic mass is 9.95. The van der Waals surface area contributed by atoms with E-state index in [2.05, 4.69) is 5.32 Å². The topological polar surface area (TPSA) is 86.8 Å². The number of rotatable bonds is 10. The highest BCUT2D eigenvalue weighted by Gasteiger charge is 2.33. The van der Waals surface area contributed by atoms with Crippen LogP contribution < -0.4 is 9.62 Å². The van der Waals surface area contributed by atoms with E-state index in [0.717, 1.165) is 59.9 Å². The van der Waals surface area contributed by atoms with Gasteiger partial charge in [0.15, 0.2) is 0 Å². The van der Waals surface area contributed by atoms with Crippen LogP contribution in [0.3, 0.4) is 0 Å². The predicted molar refractivity (Wildman–Crippen MR) is 144 cm³/mol. The Morgan fingerprint density at radius 2 is 1.76 bits per heavy atom. The van der Waals surface area contributed by atoms with Crippen molar-refractivity contribution in [1.82, 2.24) is 10.2 Å². The zero-order chi connectivity index (χ0) is 27.2. The van der Waals surface area contributed by atoms with Crippen LogP contribution >= 0.6 is 11.6 Å². The average molecular weight is 552 g/mol. The van der Waals surface area contributed by atoms with E-state index in [4.69, 9.17) is 11.6 Å². The molecule has 0 spiro atoms. The maximum Gasteiger partial charge on any atom is 0.244 e. The van der Waals surface area contributed by atoms with Gasteiger partial charge in [-0.3, -0.25) is 13.9 Å². The van der Waals surface area contributed by atoms with Crippen LogP contribution in [0.15, 0.2) is 42.5 Å². The van der Waals surface area contributed by atoms with E-state index in [9.17, 15) is 22.4 Å². The van der Waals surface area contributed by atoms with Crippen molar-refractivity contribution in [3.63, 3.8) is 0 Å². The number of nitrogens with one attached hydrogen (secondary N) is 1. The number of halogens is 2. The number of hydrogen-bond donors (Lipinski definition) is 1. The van der Waals surface area contributed by atoms with Gasteiger partial charge in [0.05, 0.1) is 17.0 Å². The van der Waals surface area contributed by atoms with Gasteiger partial charge in [0.25, 0.3) is 0 Å². The number of carbonyl (C=O) groups is 2. The highest BCUT2D eigenvalue weighted by Crippen LogP contribution is 2.25. The van der Waals surface area contributed by atoms with E-state index in [1.807, 2.05) is 38.1 Å². The summed E-state index contributed by atoms with van der Waals surface area (Å²) < 4.78 is 39.9. The standard InChI is InChI=1S/C27H35ClFN3O4S/c1-4-25(27(34)30-21-8-6-5-7-9-21)31(17-20-12-10-19(2)11-13-20)26(33)18-32(37(3,35)36)22-14-15-24(29)23(28)16-22/h10-16,21,25H,4-9,17-18H2,1-3H3,(H,30,34)/t25-/m0/s1. The number of amides is 2. The first-order valence-corrected chi connectivity index (χ1v) is 14.8. The number of benzene rings is 2. The molecule has 2 amide bonds.